The lowest BCUT2D eigenvalue weighted by Crippen LogP contribution is -1.47. The van der Waals surface area contributed by atoms with Gasteiger partial charge in [0.1, 0.15) is 0 Å². The number of rotatable bonds is 2. The largest absolute Gasteiger partial charge is 0.0656 e. The number of hydrogen-bond acceptors (Lipinski definition) is 0. The first-order chi connectivity index (χ1) is 10.9. The Morgan fingerprint density at radius 1 is 0.217 bits per heavy atom. The lowest BCUT2D eigenvalue weighted by molar-refractivity contribution is 0.886. The lowest BCUT2D eigenvalue weighted by Gasteiger charge is -1.68. The average molecular weight is 337 g/mol. The molecule has 0 N–H and O–H groups in total. The Morgan fingerprint density at radius 3 is 0.261 bits per heavy atom. The van der Waals surface area contributed by atoms with Crippen LogP contribution in [0, 0.1) is 0 Å². The quantitative estimate of drug-likeness (QED) is 0.470. The van der Waals surface area contributed by atoms with Crippen molar-refractivity contribution in [1.29, 1.82) is 0 Å². The minimum atomic E-state index is 1.25. The van der Waals surface area contributed by atoms with Crippen LogP contribution in [0.4, 0.5) is 0 Å². The fraction of sp³-hybridized carbons (Fsp3) is 1.00. The van der Waals surface area contributed by atoms with E-state index < -0.39 is 0 Å². The first-order valence-electron chi connectivity index (χ1n) is 10.9. The van der Waals surface area contributed by atoms with Crippen LogP contribution in [0.15, 0.2) is 0 Å². The van der Waals surface area contributed by atoms with Crippen LogP contribution >= 0.6 is 0 Å². The molecular formula is C23H60. The molecule has 0 aliphatic rings. The number of unbranched alkanes of at least 4 members (excludes halogenated alkanes) is 2. The van der Waals surface area contributed by atoms with Crippen LogP contribution in [0.1, 0.15) is 155 Å². The number of hydrogen-bond donors (Lipinski definition) is 0. The van der Waals surface area contributed by atoms with Gasteiger partial charge in [-0.2, -0.15) is 0 Å². The molecule has 0 aliphatic carbocycles. The van der Waals surface area contributed by atoms with Crippen LogP contribution in [0.2, 0.25) is 0 Å². The first kappa shape index (κ1) is 43.5. The van der Waals surface area contributed by atoms with E-state index in [-0.39, 0.29) is 0 Å². The van der Waals surface area contributed by atoms with Gasteiger partial charge in [0.15, 0.2) is 0 Å². The van der Waals surface area contributed by atoms with E-state index in [1.165, 1.54) is 57.8 Å². The maximum Gasteiger partial charge on any atom is -0.0564 e. The van der Waals surface area contributed by atoms with Gasteiger partial charge in [0.2, 0.25) is 0 Å². The third-order valence-electron chi connectivity index (χ3n) is 1.000. The topological polar surface area (TPSA) is 0 Å². The van der Waals surface area contributed by atoms with Gasteiger partial charge in [0, 0.05) is 0 Å². The van der Waals surface area contributed by atoms with Crippen molar-refractivity contribution in [3.05, 3.63) is 0 Å². The molecule has 0 aromatic rings. The second kappa shape index (κ2) is 120. The van der Waals surface area contributed by atoms with Gasteiger partial charge in [-0.3, -0.25) is 0 Å². The summed E-state index contributed by atoms with van der Waals surface area (Å²) in [6, 6.07) is 0. The monoisotopic (exact) mass is 336 g/mol. The SMILES string of the molecule is CCC.CCC.CCC.CCC.CCC.CCCC.CCCC. The highest BCUT2D eigenvalue weighted by atomic mass is 13.6. The fourth-order valence-corrected chi connectivity index (χ4v) is 0. The van der Waals surface area contributed by atoms with Crippen LogP contribution in [-0.4, -0.2) is 0 Å². The predicted molar refractivity (Wildman–Crippen MR) is 121 cm³/mol. The molecule has 0 atom stereocenters. The lowest BCUT2D eigenvalue weighted by atomic mass is 10.4. The highest BCUT2D eigenvalue weighted by molar-refractivity contribution is 4.13. The molecule has 0 unspecified atom stereocenters. The second-order valence-electron chi connectivity index (χ2n) is 5.54. The third-order valence-corrected chi connectivity index (χ3v) is 1.000. The van der Waals surface area contributed by atoms with Gasteiger partial charge < -0.3 is 0 Å². The third kappa shape index (κ3) is 2200. The van der Waals surface area contributed by atoms with Gasteiger partial charge >= 0.3 is 0 Å². The minimum absolute atomic E-state index is 1.25. The van der Waals surface area contributed by atoms with Crippen molar-refractivity contribution < 1.29 is 0 Å². The molecular weight excluding hydrogens is 276 g/mol. The maximum atomic E-state index is 2.18. The Kier molecular flexibility index (Phi) is 226. The molecule has 0 amide bonds. The van der Waals surface area contributed by atoms with Crippen molar-refractivity contribution >= 4 is 0 Å². The van der Waals surface area contributed by atoms with E-state index in [1.54, 1.807) is 0 Å². The zero-order valence-electron chi connectivity index (χ0n) is 20.4. The van der Waals surface area contributed by atoms with Crippen LogP contribution in [0.3, 0.4) is 0 Å². The Morgan fingerprint density at radius 2 is 0.261 bits per heavy atom. The molecule has 0 aromatic carbocycles. The van der Waals surface area contributed by atoms with E-state index in [0.717, 1.165) is 0 Å². The normalized spacial score (nSPS) is 6.52. The van der Waals surface area contributed by atoms with Crippen LogP contribution < -0.4 is 0 Å². The summed E-state index contributed by atoms with van der Waals surface area (Å²) in [6.45, 7) is 30.0. The standard InChI is InChI=1S/2C4H10.5C3H8/c2*1-3-4-2;5*1-3-2/h2*3-4H2,1-2H3;5*3H2,1-2H3. The molecule has 0 nitrogen and oxygen atoms in total. The van der Waals surface area contributed by atoms with Crippen LogP contribution in [-0.2, 0) is 0 Å². The van der Waals surface area contributed by atoms with E-state index >= 15 is 0 Å². The van der Waals surface area contributed by atoms with Crippen molar-refractivity contribution in [3.8, 4) is 0 Å². The van der Waals surface area contributed by atoms with E-state index in [2.05, 4.69) is 96.9 Å². The van der Waals surface area contributed by atoms with Crippen LogP contribution in [0.25, 0.3) is 0 Å². The maximum absolute atomic E-state index is 2.18. The van der Waals surface area contributed by atoms with Crippen molar-refractivity contribution in [2.45, 2.75) is 155 Å². The molecule has 0 rings (SSSR count). The highest BCUT2D eigenvalue weighted by Gasteiger charge is 1.56. The molecule has 0 aliphatic heterocycles. The van der Waals surface area contributed by atoms with Crippen molar-refractivity contribution in [1.82, 2.24) is 0 Å². The smallest absolute Gasteiger partial charge is 0.0564 e. The van der Waals surface area contributed by atoms with E-state index in [0.29, 0.717) is 0 Å². The molecule has 0 heterocycles. The van der Waals surface area contributed by atoms with Gasteiger partial charge in [-0.05, 0) is 0 Å². The highest BCUT2D eigenvalue weighted by Crippen LogP contribution is 1.77. The summed E-state index contributed by atoms with van der Waals surface area (Å²) in [5.41, 5.74) is 0. The molecule has 0 bridgehead atoms. The van der Waals surface area contributed by atoms with Gasteiger partial charge in [-0.15, -0.1) is 0 Å². The Bertz CT molecular complexity index is 37.4. The van der Waals surface area contributed by atoms with Crippen molar-refractivity contribution in [3.63, 3.8) is 0 Å². The fourth-order valence-electron chi connectivity index (χ4n) is 0. The molecule has 0 heteroatoms. The predicted octanol–water partition coefficient (Wildman–Crippen LogP) is 10.7. The van der Waals surface area contributed by atoms with Gasteiger partial charge in [0.05, 0.1) is 0 Å². The zero-order valence-corrected chi connectivity index (χ0v) is 20.4. The Hall–Kier alpha value is 0. The van der Waals surface area contributed by atoms with E-state index in [4.69, 9.17) is 0 Å². The van der Waals surface area contributed by atoms with E-state index in [1.807, 2.05) is 0 Å². The van der Waals surface area contributed by atoms with Gasteiger partial charge in [0.25, 0.3) is 0 Å². The molecule has 0 radical (unpaired) electrons. The summed E-state index contributed by atoms with van der Waals surface area (Å²) in [5.74, 6) is 0. The van der Waals surface area contributed by atoms with Crippen molar-refractivity contribution in [2.24, 2.45) is 0 Å². The molecule has 0 saturated carbocycles. The van der Waals surface area contributed by atoms with Gasteiger partial charge in [-0.25, -0.2) is 0 Å². The van der Waals surface area contributed by atoms with Crippen LogP contribution in [0.5, 0.6) is 0 Å². The molecule has 0 aromatic heterocycles. The summed E-state index contributed by atoms with van der Waals surface area (Å²) in [4.78, 5) is 0. The summed E-state index contributed by atoms with van der Waals surface area (Å²) < 4.78 is 0. The van der Waals surface area contributed by atoms with E-state index in [9.17, 15) is 0 Å². The zero-order chi connectivity index (χ0) is 20.4. The summed E-state index contributed by atoms with van der Waals surface area (Å²) in [5, 5.41) is 0. The first-order valence-corrected chi connectivity index (χ1v) is 10.9. The summed E-state index contributed by atoms with van der Waals surface area (Å²) in [7, 11) is 0. The summed E-state index contributed by atoms with van der Waals surface area (Å²) >= 11 is 0. The minimum Gasteiger partial charge on any atom is -0.0656 e. The molecule has 152 valence electrons. The second-order valence-corrected chi connectivity index (χ2v) is 5.54. The Labute approximate surface area is 155 Å². The molecule has 23 heavy (non-hydrogen) atoms. The Balaban J connectivity index is -0.0000000261. The molecule has 0 spiro atoms. The molecule has 0 fully saturated rings. The summed E-state index contributed by atoms with van der Waals surface area (Å²) in [6.07, 6.45) is 11.5. The van der Waals surface area contributed by atoms with Crippen molar-refractivity contribution in [2.75, 3.05) is 0 Å². The molecule has 0 saturated heterocycles. The van der Waals surface area contributed by atoms with Gasteiger partial charge in [-0.1, -0.05) is 155 Å². The average Bonchev–Trinajstić information content (AvgIpc) is 2.51.